The van der Waals surface area contributed by atoms with E-state index in [1.165, 1.54) is 12.1 Å². The van der Waals surface area contributed by atoms with E-state index >= 15 is 0 Å². The van der Waals surface area contributed by atoms with Crippen molar-refractivity contribution in [1.82, 2.24) is 0 Å². The summed E-state index contributed by atoms with van der Waals surface area (Å²) in [6, 6.07) is 14.1. The van der Waals surface area contributed by atoms with E-state index in [1.807, 2.05) is 31.2 Å². The Hall–Kier alpha value is -1.19. The Bertz CT molecular complexity index is 455. The molecule has 2 rings (SSSR count). The number of benzene rings is 2. The highest BCUT2D eigenvalue weighted by Gasteiger charge is 2.23. The molecule has 0 aliphatic rings. The quantitative estimate of drug-likeness (QED) is 0.895. The maximum absolute atomic E-state index is 12.9. The fraction of sp³-hybridized carbons (Fsp3) is 0.143. The largest absolute Gasteiger partial charge is 0.318 e. The lowest BCUT2D eigenvalue weighted by Gasteiger charge is -2.26. The molecule has 1 atom stereocenters. The topological polar surface area (TPSA) is 26.0 Å². The van der Waals surface area contributed by atoms with Crippen LogP contribution in [0.25, 0.3) is 0 Å². The van der Waals surface area contributed by atoms with E-state index < -0.39 is 5.54 Å². The molecule has 0 heterocycles. The van der Waals surface area contributed by atoms with Crippen LogP contribution in [0.5, 0.6) is 0 Å². The van der Waals surface area contributed by atoms with Crippen LogP contribution < -0.4 is 5.73 Å². The highest BCUT2D eigenvalue weighted by molar-refractivity contribution is 9.10. The van der Waals surface area contributed by atoms with Crippen molar-refractivity contribution in [2.24, 2.45) is 5.73 Å². The van der Waals surface area contributed by atoms with E-state index in [1.54, 1.807) is 12.1 Å². The third kappa shape index (κ3) is 2.56. The van der Waals surface area contributed by atoms with Gasteiger partial charge in [-0.3, -0.25) is 0 Å². The molecule has 0 fully saturated rings. The van der Waals surface area contributed by atoms with Crippen molar-refractivity contribution in [3.63, 3.8) is 0 Å². The predicted molar refractivity (Wildman–Crippen MR) is 71.2 cm³/mol. The summed E-state index contributed by atoms with van der Waals surface area (Å²) in [4.78, 5) is 0. The zero-order valence-electron chi connectivity index (χ0n) is 9.45. The predicted octanol–water partition coefficient (Wildman–Crippen LogP) is 3.81. The maximum Gasteiger partial charge on any atom is 0.123 e. The van der Waals surface area contributed by atoms with Crippen molar-refractivity contribution in [2.75, 3.05) is 0 Å². The van der Waals surface area contributed by atoms with Gasteiger partial charge in [0.05, 0.1) is 5.54 Å². The lowest BCUT2D eigenvalue weighted by atomic mass is 9.86. The Morgan fingerprint density at radius 3 is 1.82 bits per heavy atom. The number of hydrogen-bond donors (Lipinski definition) is 1. The molecule has 0 amide bonds. The second-order valence-corrected chi connectivity index (χ2v) is 5.13. The first kappa shape index (κ1) is 12.3. The normalized spacial score (nSPS) is 14.4. The van der Waals surface area contributed by atoms with Crippen LogP contribution in [0.1, 0.15) is 18.1 Å². The smallest absolute Gasteiger partial charge is 0.123 e. The molecule has 1 unspecified atom stereocenters. The van der Waals surface area contributed by atoms with E-state index in [2.05, 4.69) is 15.9 Å². The van der Waals surface area contributed by atoms with E-state index in [0.717, 1.165) is 15.6 Å². The molecule has 17 heavy (non-hydrogen) atoms. The molecule has 0 spiro atoms. The fourth-order valence-electron chi connectivity index (χ4n) is 1.76. The van der Waals surface area contributed by atoms with Gasteiger partial charge in [-0.2, -0.15) is 0 Å². The van der Waals surface area contributed by atoms with Gasteiger partial charge in [0, 0.05) is 4.47 Å². The number of halogens is 2. The molecule has 0 saturated carbocycles. The minimum atomic E-state index is -0.617. The fourth-order valence-corrected chi connectivity index (χ4v) is 2.02. The molecule has 3 heteroatoms. The Labute approximate surface area is 109 Å². The molecule has 0 aromatic heterocycles. The summed E-state index contributed by atoms with van der Waals surface area (Å²) in [5.74, 6) is -0.250. The molecular weight excluding hydrogens is 281 g/mol. The summed E-state index contributed by atoms with van der Waals surface area (Å²) in [7, 11) is 0. The second-order valence-electron chi connectivity index (χ2n) is 4.22. The van der Waals surface area contributed by atoms with Crippen molar-refractivity contribution >= 4 is 15.9 Å². The summed E-state index contributed by atoms with van der Waals surface area (Å²) in [5.41, 5.74) is 7.59. The molecule has 0 radical (unpaired) electrons. The highest BCUT2D eigenvalue weighted by atomic mass is 79.9. The van der Waals surface area contributed by atoms with Gasteiger partial charge in [0.2, 0.25) is 0 Å². The lowest BCUT2D eigenvalue weighted by molar-refractivity contribution is 0.593. The van der Waals surface area contributed by atoms with Gasteiger partial charge < -0.3 is 5.73 Å². The zero-order valence-corrected chi connectivity index (χ0v) is 11.0. The van der Waals surface area contributed by atoms with Crippen molar-refractivity contribution in [1.29, 1.82) is 0 Å². The van der Waals surface area contributed by atoms with Crippen LogP contribution in [0.3, 0.4) is 0 Å². The van der Waals surface area contributed by atoms with E-state index in [-0.39, 0.29) is 5.82 Å². The van der Waals surface area contributed by atoms with Gasteiger partial charge in [0.1, 0.15) is 5.82 Å². The van der Waals surface area contributed by atoms with E-state index in [4.69, 9.17) is 5.73 Å². The Balaban J connectivity index is 2.41. The third-order valence-electron chi connectivity index (χ3n) is 2.89. The molecule has 2 aromatic rings. The average molecular weight is 294 g/mol. The Kier molecular flexibility index (Phi) is 3.31. The monoisotopic (exact) mass is 293 g/mol. The van der Waals surface area contributed by atoms with Crippen LogP contribution in [-0.4, -0.2) is 0 Å². The first-order valence-corrected chi connectivity index (χ1v) is 6.10. The molecule has 0 bridgehead atoms. The minimum absolute atomic E-state index is 0.250. The van der Waals surface area contributed by atoms with E-state index in [9.17, 15) is 4.39 Å². The molecule has 0 aliphatic carbocycles. The second kappa shape index (κ2) is 4.59. The first-order valence-electron chi connectivity index (χ1n) is 5.31. The van der Waals surface area contributed by atoms with Crippen molar-refractivity contribution in [3.05, 3.63) is 69.9 Å². The number of rotatable bonds is 2. The van der Waals surface area contributed by atoms with Crippen LogP contribution in [-0.2, 0) is 5.54 Å². The van der Waals surface area contributed by atoms with Crippen LogP contribution in [0.2, 0.25) is 0 Å². The van der Waals surface area contributed by atoms with Gasteiger partial charge in [0.15, 0.2) is 0 Å². The summed E-state index contributed by atoms with van der Waals surface area (Å²) in [5, 5.41) is 0. The third-order valence-corrected chi connectivity index (χ3v) is 3.42. The van der Waals surface area contributed by atoms with Gasteiger partial charge in [-0.1, -0.05) is 40.2 Å². The van der Waals surface area contributed by atoms with Crippen LogP contribution in [0, 0.1) is 5.82 Å². The van der Waals surface area contributed by atoms with Crippen LogP contribution in [0.15, 0.2) is 53.0 Å². The molecule has 2 N–H and O–H groups in total. The number of nitrogens with two attached hydrogens (primary N) is 1. The Morgan fingerprint density at radius 1 is 0.941 bits per heavy atom. The summed E-state index contributed by atoms with van der Waals surface area (Å²) in [6.45, 7) is 1.92. The van der Waals surface area contributed by atoms with Gasteiger partial charge in [0.25, 0.3) is 0 Å². The molecule has 88 valence electrons. The average Bonchev–Trinajstić information content (AvgIpc) is 2.30. The SMILES string of the molecule is CC(N)(c1ccc(F)cc1)c1ccc(Br)cc1. The number of hydrogen-bond acceptors (Lipinski definition) is 1. The molecule has 0 aliphatic heterocycles. The lowest BCUT2D eigenvalue weighted by Crippen LogP contribution is -2.34. The first-order chi connectivity index (χ1) is 8.00. The van der Waals surface area contributed by atoms with Crippen LogP contribution >= 0.6 is 15.9 Å². The summed E-state index contributed by atoms with van der Waals surface area (Å²) < 4.78 is 13.9. The van der Waals surface area contributed by atoms with Crippen molar-refractivity contribution < 1.29 is 4.39 Å². The van der Waals surface area contributed by atoms with Crippen molar-refractivity contribution in [3.8, 4) is 0 Å². The minimum Gasteiger partial charge on any atom is -0.318 e. The molecule has 1 nitrogen and oxygen atoms in total. The van der Waals surface area contributed by atoms with Crippen LogP contribution in [0.4, 0.5) is 4.39 Å². The van der Waals surface area contributed by atoms with Gasteiger partial charge in [-0.25, -0.2) is 4.39 Å². The molecular formula is C14H13BrFN. The molecule has 0 saturated heterocycles. The van der Waals surface area contributed by atoms with Gasteiger partial charge >= 0.3 is 0 Å². The van der Waals surface area contributed by atoms with E-state index in [0.29, 0.717) is 0 Å². The van der Waals surface area contributed by atoms with Gasteiger partial charge in [-0.05, 0) is 42.3 Å². The zero-order chi connectivity index (χ0) is 12.5. The summed E-state index contributed by atoms with van der Waals surface area (Å²) >= 11 is 3.39. The maximum atomic E-state index is 12.9. The highest BCUT2D eigenvalue weighted by Crippen LogP contribution is 2.27. The van der Waals surface area contributed by atoms with Gasteiger partial charge in [-0.15, -0.1) is 0 Å². The standard InChI is InChI=1S/C14H13BrFN/c1-14(17,10-2-6-12(15)7-3-10)11-4-8-13(16)9-5-11/h2-9H,17H2,1H3. The Morgan fingerprint density at radius 2 is 1.35 bits per heavy atom. The van der Waals surface area contributed by atoms with Crippen molar-refractivity contribution in [2.45, 2.75) is 12.5 Å². The summed E-state index contributed by atoms with van der Waals surface area (Å²) in [6.07, 6.45) is 0. The molecule has 2 aromatic carbocycles.